The molecule has 0 unspecified atom stereocenters. The van der Waals surface area contributed by atoms with Gasteiger partial charge in [0.25, 0.3) is 0 Å². The lowest BCUT2D eigenvalue weighted by molar-refractivity contribution is 0.00430. The van der Waals surface area contributed by atoms with E-state index >= 15 is 0 Å². The van der Waals surface area contributed by atoms with Crippen molar-refractivity contribution in [3.05, 3.63) is 59.2 Å². The van der Waals surface area contributed by atoms with Gasteiger partial charge in [0.15, 0.2) is 0 Å². The number of aryl methyl sites for hydroxylation is 1. The van der Waals surface area contributed by atoms with Crippen molar-refractivity contribution in [2.45, 2.75) is 90.4 Å². The third-order valence-electron chi connectivity index (χ3n) is 6.67. The monoisotopic (exact) mass is 450 g/mol. The quantitative estimate of drug-likeness (QED) is 0.596. The van der Waals surface area contributed by atoms with E-state index in [9.17, 15) is 4.79 Å². The molecular formula is C27H38N4O2. The molecule has 1 amide bonds. The van der Waals surface area contributed by atoms with Crippen molar-refractivity contribution < 1.29 is 9.53 Å². The number of ether oxygens (including phenoxy) is 1. The molecule has 6 heteroatoms. The zero-order valence-electron chi connectivity index (χ0n) is 20.6. The van der Waals surface area contributed by atoms with Gasteiger partial charge in [0.05, 0.1) is 24.3 Å². The van der Waals surface area contributed by atoms with E-state index in [2.05, 4.69) is 28.9 Å². The fraction of sp³-hybridized carbons (Fsp3) is 0.593. The third kappa shape index (κ3) is 5.72. The Bertz CT molecular complexity index is 955. The smallest absolute Gasteiger partial charge is 0.410 e. The van der Waals surface area contributed by atoms with Crippen molar-refractivity contribution >= 4 is 6.09 Å². The molecule has 0 aromatic carbocycles. The molecule has 3 heterocycles. The summed E-state index contributed by atoms with van der Waals surface area (Å²) in [6, 6.07) is 8.61. The van der Waals surface area contributed by atoms with E-state index in [0.717, 1.165) is 56.5 Å². The Hall–Kier alpha value is -2.47. The number of aromatic nitrogens is 2. The first kappa shape index (κ1) is 23.7. The number of unbranched alkanes of at least 4 members (excludes halogenated alkanes) is 1. The number of pyridine rings is 2. The summed E-state index contributed by atoms with van der Waals surface area (Å²) in [6.07, 6.45) is 9.96. The summed E-state index contributed by atoms with van der Waals surface area (Å²) in [7, 11) is 0. The van der Waals surface area contributed by atoms with E-state index in [1.54, 1.807) is 0 Å². The predicted molar refractivity (Wildman–Crippen MR) is 130 cm³/mol. The summed E-state index contributed by atoms with van der Waals surface area (Å²) in [4.78, 5) is 27.2. The van der Waals surface area contributed by atoms with E-state index < -0.39 is 5.60 Å². The van der Waals surface area contributed by atoms with Crippen molar-refractivity contribution in [3.8, 4) is 0 Å². The predicted octanol–water partition coefficient (Wildman–Crippen LogP) is 5.32. The minimum Gasteiger partial charge on any atom is -0.444 e. The van der Waals surface area contributed by atoms with Gasteiger partial charge in [0.1, 0.15) is 5.60 Å². The van der Waals surface area contributed by atoms with Gasteiger partial charge in [-0.1, -0.05) is 25.5 Å². The molecule has 1 aliphatic carbocycles. The lowest BCUT2D eigenvalue weighted by atomic mass is 9.89. The van der Waals surface area contributed by atoms with Crippen molar-refractivity contribution in [1.82, 2.24) is 19.8 Å². The molecule has 0 radical (unpaired) electrons. The van der Waals surface area contributed by atoms with E-state index in [-0.39, 0.29) is 12.1 Å². The van der Waals surface area contributed by atoms with Gasteiger partial charge in [-0.15, -0.1) is 0 Å². The van der Waals surface area contributed by atoms with Gasteiger partial charge in [-0.25, -0.2) is 4.79 Å². The number of hydrogen-bond donors (Lipinski definition) is 0. The number of hydrogen-bond acceptors (Lipinski definition) is 5. The van der Waals surface area contributed by atoms with Crippen LogP contribution in [0.2, 0.25) is 0 Å². The second kappa shape index (κ2) is 10.2. The van der Waals surface area contributed by atoms with Gasteiger partial charge < -0.3 is 4.74 Å². The van der Waals surface area contributed by atoms with Crippen LogP contribution in [-0.4, -0.2) is 50.6 Å². The number of carbonyl (C=O) groups excluding carboxylic acids is 1. The first-order valence-corrected chi connectivity index (χ1v) is 12.5. The third-order valence-corrected chi connectivity index (χ3v) is 6.67. The molecule has 0 saturated heterocycles. The molecule has 0 fully saturated rings. The van der Waals surface area contributed by atoms with Crippen molar-refractivity contribution in [2.24, 2.45) is 0 Å². The van der Waals surface area contributed by atoms with Gasteiger partial charge in [-0.3, -0.25) is 19.8 Å². The second-order valence-corrected chi connectivity index (χ2v) is 10.4. The number of carbonyl (C=O) groups is 1. The summed E-state index contributed by atoms with van der Waals surface area (Å²) >= 11 is 0. The molecule has 2 aromatic heterocycles. The number of fused-ring (bicyclic) bond motifs is 2. The molecule has 2 aliphatic rings. The maximum Gasteiger partial charge on any atom is 0.410 e. The number of nitrogens with zero attached hydrogens (tertiary/aromatic N) is 4. The van der Waals surface area contributed by atoms with Crippen LogP contribution >= 0.6 is 0 Å². The summed E-state index contributed by atoms with van der Waals surface area (Å²) < 4.78 is 5.82. The van der Waals surface area contributed by atoms with Gasteiger partial charge in [-0.2, -0.15) is 0 Å². The lowest BCUT2D eigenvalue weighted by Gasteiger charge is -2.42. The standard InChI is InChI=1S/C27H38N4O2/c1-5-6-16-30(24-13-7-10-20-11-8-15-29-25(20)24)19-22-17-23-21(12-9-14-28-23)18-31(22)26(32)33-27(2,3)4/h8-9,11-12,14-15,22,24H,5-7,10,13,16-19H2,1-4H3/t22-,24-/m0/s1. The Morgan fingerprint density at radius 2 is 1.94 bits per heavy atom. The summed E-state index contributed by atoms with van der Waals surface area (Å²) in [5.41, 5.74) is 4.28. The van der Waals surface area contributed by atoms with Crippen LogP contribution in [0.25, 0.3) is 0 Å². The maximum atomic E-state index is 13.3. The first-order chi connectivity index (χ1) is 15.9. The van der Waals surface area contributed by atoms with Crippen LogP contribution in [0, 0.1) is 0 Å². The number of rotatable bonds is 6. The Morgan fingerprint density at radius 1 is 1.18 bits per heavy atom. The van der Waals surface area contributed by atoms with Crippen LogP contribution < -0.4 is 0 Å². The van der Waals surface area contributed by atoms with E-state index in [1.807, 2.05) is 50.2 Å². The molecule has 2 atom stereocenters. The summed E-state index contributed by atoms with van der Waals surface area (Å²) in [5.74, 6) is 0. The molecule has 1 aliphatic heterocycles. The lowest BCUT2D eigenvalue weighted by Crippen LogP contribution is -2.52. The summed E-state index contributed by atoms with van der Waals surface area (Å²) in [6.45, 7) is 10.4. The zero-order chi connectivity index (χ0) is 23.4. The highest BCUT2D eigenvalue weighted by Crippen LogP contribution is 2.34. The molecule has 0 saturated carbocycles. The minimum absolute atomic E-state index is 0.0215. The van der Waals surface area contributed by atoms with Crippen LogP contribution in [-0.2, 0) is 24.1 Å². The van der Waals surface area contributed by atoms with E-state index in [1.165, 1.54) is 17.7 Å². The average Bonchev–Trinajstić information content (AvgIpc) is 2.79. The van der Waals surface area contributed by atoms with Crippen LogP contribution in [0.4, 0.5) is 4.79 Å². The highest BCUT2D eigenvalue weighted by molar-refractivity contribution is 5.69. The Morgan fingerprint density at radius 3 is 2.70 bits per heavy atom. The molecule has 33 heavy (non-hydrogen) atoms. The van der Waals surface area contributed by atoms with Crippen LogP contribution in [0.3, 0.4) is 0 Å². The van der Waals surface area contributed by atoms with Crippen LogP contribution in [0.5, 0.6) is 0 Å². The van der Waals surface area contributed by atoms with Gasteiger partial charge in [0.2, 0.25) is 0 Å². The largest absolute Gasteiger partial charge is 0.444 e. The van der Waals surface area contributed by atoms with Gasteiger partial charge in [0, 0.05) is 31.1 Å². The fourth-order valence-electron chi connectivity index (χ4n) is 5.09. The zero-order valence-corrected chi connectivity index (χ0v) is 20.6. The molecule has 6 nitrogen and oxygen atoms in total. The SMILES string of the molecule is CCCCN(C[C@@H]1Cc2ncccc2CN1C(=O)OC(C)(C)C)[C@H]1CCCc2cccnc21. The first-order valence-electron chi connectivity index (χ1n) is 12.5. The van der Waals surface area contributed by atoms with Crippen molar-refractivity contribution in [1.29, 1.82) is 0 Å². The van der Waals surface area contributed by atoms with E-state index in [4.69, 9.17) is 9.72 Å². The summed E-state index contributed by atoms with van der Waals surface area (Å²) in [5, 5.41) is 0. The van der Waals surface area contributed by atoms with Crippen LogP contribution in [0.1, 0.15) is 81.9 Å². The molecule has 0 spiro atoms. The van der Waals surface area contributed by atoms with Crippen LogP contribution in [0.15, 0.2) is 36.7 Å². The Kier molecular flexibility index (Phi) is 7.32. The molecule has 0 bridgehead atoms. The highest BCUT2D eigenvalue weighted by atomic mass is 16.6. The maximum absolute atomic E-state index is 13.3. The molecule has 0 N–H and O–H groups in total. The van der Waals surface area contributed by atoms with E-state index in [0.29, 0.717) is 12.6 Å². The second-order valence-electron chi connectivity index (χ2n) is 10.4. The number of amides is 1. The van der Waals surface area contributed by atoms with Crippen molar-refractivity contribution in [2.75, 3.05) is 13.1 Å². The Balaban J connectivity index is 1.62. The van der Waals surface area contributed by atoms with Gasteiger partial charge >= 0.3 is 6.09 Å². The highest BCUT2D eigenvalue weighted by Gasteiger charge is 2.36. The molecule has 4 rings (SSSR count). The molecular weight excluding hydrogens is 412 g/mol. The van der Waals surface area contributed by atoms with Crippen molar-refractivity contribution in [3.63, 3.8) is 0 Å². The topological polar surface area (TPSA) is 58.6 Å². The normalized spacial score (nSPS) is 20.3. The minimum atomic E-state index is -0.523. The van der Waals surface area contributed by atoms with Gasteiger partial charge in [-0.05, 0) is 76.3 Å². The molecule has 178 valence electrons. The molecule has 2 aromatic rings. The average molecular weight is 451 g/mol. The fourth-order valence-corrected chi connectivity index (χ4v) is 5.09. The Labute approximate surface area is 198 Å².